The van der Waals surface area contributed by atoms with Gasteiger partial charge in [0.1, 0.15) is 0 Å². The van der Waals surface area contributed by atoms with Crippen molar-refractivity contribution in [3.05, 3.63) is 20.8 Å². The van der Waals surface area contributed by atoms with E-state index in [4.69, 9.17) is 5.11 Å². The molecule has 0 unspecified atom stereocenters. The number of nitrogens with one attached hydrogen (secondary N) is 1. The van der Waals surface area contributed by atoms with E-state index < -0.39 is 11.2 Å². The van der Waals surface area contributed by atoms with Gasteiger partial charge in [-0.1, -0.05) is 0 Å². The number of aliphatic hydroxyl groups is 1. The number of nitrogens with zero attached hydrogens (tertiary/aromatic N) is 5. The zero-order chi connectivity index (χ0) is 14.0. The molecule has 0 amide bonds. The molecule has 0 saturated carbocycles. The van der Waals surface area contributed by atoms with E-state index in [-0.39, 0.29) is 23.7 Å². The molecule has 19 heavy (non-hydrogen) atoms. The molecule has 2 N–H and O–H groups in total. The van der Waals surface area contributed by atoms with Crippen LogP contribution in [0, 0.1) is 0 Å². The molecule has 0 spiro atoms. The summed E-state index contributed by atoms with van der Waals surface area (Å²) in [5.74, 6) is 0.558. The number of aromatic amines is 1. The summed E-state index contributed by atoms with van der Waals surface area (Å²) in [5, 5.41) is 12.4. The smallest absolute Gasteiger partial charge is 0.332 e. The Kier molecular flexibility index (Phi) is 3.81. The molecule has 0 aliphatic carbocycles. The minimum absolute atomic E-state index is 0.00113. The fraction of sp³-hybridized carbons (Fsp3) is 0.444. The molecule has 9 nitrogen and oxygen atoms in total. The van der Waals surface area contributed by atoms with E-state index in [0.717, 1.165) is 16.5 Å². The molecule has 0 saturated heterocycles. The Morgan fingerprint density at radius 1 is 1.37 bits per heavy atom. The first-order valence-corrected chi connectivity index (χ1v) is 6.30. The standard InChI is InChI=1S/C9H12N6O3S/c1-14-6-5(7(17)15(2)9(14)18)10-8(11-6)12-13-19-4-3-16/h16H,3-4H2,1-2H3,(H,10,11). The van der Waals surface area contributed by atoms with E-state index in [0.29, 0.717) is 5.75 Å². The summed E-state index contributed by atoms with van der Waals surface area (Å²) in [7, 11) is 2.91. The number of imidazole rings is 1. The first kappa shape index (κ1) is 13.5. The van der Waals surface area contributed by atoms with Crippen LogP contribution in [0.4, 0.5) is 5.95 Å². The Balaban J connectivity index is 2.49. The summed E-state index contributed by atoms with van der Waals surface area (Å²) in [4.78, 5) is 30.3. The molecule has 0 aliphatic heterocycles. The quantitative estimate of drug-likeness (QED) is 0.453. The Hall–Kier alpha value is -1.94. The molecule has 2 aromatic rings. The number of hydrogen-bond acceptors (Lipinski definition) is 7. The third kappa shape index (κ3) is 2.44. The second-order valence-corrected chi connectivity index (χ2v) is 4.53. The van der Waals surface area contributed by atoms with Crippen LogP contribution >= 0.6 is 11.9 Å². The molecule has 0 aromatic carbocycles. The van der Waals surface area contributed by atoms with Gasteiger partial charge in [0.2, 0.25) is 5.95 Å². The number of hydrogen-bond donors (Lipinski definition) is 2. The highest BCUT2D eigenvalue weighted by Crippen LogP contribution is 2.14. The topological polar surface area (TPSA) is 118 Å². The minimum Gasteiger partial charge on any atom is -0.395 e. The van der Waals surface area contributed by atoms with Gasteiger partial charge in [-0.3, -0.25) is 13.9 Å². The van der Waals surface area contributed by atoms with Crippen molar-refractivity contribution in [1.29, 1.82) is 0 Å². The molecular formula is C9H12N6O3S. The lowest BCUT2D eigenvalue weighted by Crippen LogP contribution is -2.36. The maximum atomic E-state index is 11.9. The van der Waals surface area contributed by atoms with E-state index in [1.807, 2.05) is 0 Å². The van der Waals surface area contributed by atoms with E-state index in [1.165, 1.54) is 18.7 Å². The van der Waals surface area contributed by atoms with E-state index in [9.17, 15) is 9.59 Å². The molecule has 2 aromatic heterocycles. The number of H-pyrrole nitrogens is 1. The van der Waals surface area contributed by atoms with Crippen molar-refractivity contribution in [2.45, 2.75) is 0 Å². The van der Waals surface area contributed by atoms with Gasteiger partial charge in [0.05, 0.1) is 6.61 Å². The highest BCUT2D eigenvalue weighted by molar-refractivity contribution is 7.97. The molecule has 10 heteroatoms. The van der Waals surface area contributed by atoms with Gasteiger partial charge in [-0.05, 0) is 0 Å². The average molecular weight is 284 g/mol. The number of fused-ring (bicyclic) bond motifs is 1. The van der Waals surface area contributed by atoms with Crippen LogP contribution in [-0.4, -0.2) is 36.6 Å². The lowest BCUT2D eigenvalue weighted by Gasteiger charge is -2.00. The zero-order valence-electron chi connectivity index (χ0n) is 10.3. The van der Waals surface area contributed by atoms with Crippen molar-refractivity contribution in [3.63, 3.8) is 0 Å². The largest absolute Gasteiger partial charge is 0.395 e. The van der Waals surface area contributed by atoms with Crippen LogP contribution in [0.5, 0.6) is 0 Å². The van der Waals surface area contributed by atoms with Gasteiger partial charge in [0, 0.05) is 31.8 Å². The molecular weight excluding hydrogens is 272 g/mol. The minimum atomic E-state index is -0.463. The SMILES string of the molecule is Cn1c(=O)c2[nH]c(N=NSCCO)nc2n(C)c1=O. The molecule has 2 heterocycles. The number of aromatic nitrogens is 4. The van der Waals surface area contributed by atoms with Gasteiger partial charge >= 0.3 is 5.69 Å². The van der Waals surface area contributed by atoms with Crippen LogP contribution in [0.15, 0.2) is 19.2 Å². The first-order valence-electron chi connectivity index (χ1n) is 5.36. The summed E-state index contributed by atoms with van der Waals surface area (Å²) < 4.78 is 5.97. The Labute approximate surface area is 111 Å². The van der Waals surface area contributed by atoms with Crippen molar-refractivity contribution in [2.75, 3.05) is 12.4 Å². The fourth-order valence-corrected chi connectivity index (χ4v) is 1.81. The van der Waals surface area contributed by atoms with Crippen molar-refractivity contribution < 1.29 is 5.11 Å². The third-order valence-electron chi connectivity index (χ3n) is 2.46. The number of rotatable bonds is 4. The van der Waals surface area contributed by atoms with Crippen molar-refractivity contribution in [3.8, 4) is 0 Å². The van der Waals surface area contributed by atoms with Gasteiger partial charge in [-0.15, -0.1) is 9.63 Å². The van der Waals surface area contributed by atoms with Crippen LogP contribution in [0.3, 0.4) is 0 Å². The molecule has 0 atom stereocenters. The monoisotopic (exact) mass is 284 g/mol. The van der Waals surface area contributed by atoms with Crippen LogP contribution < -0.4 is 11.2 Å². The van der Waals surface area contributed by atoms with Gasteiger partial charge in [0.25, 0.3) is 5.56 Å². The second-order valence-electron chi connectivity index (χ2n) is 3.70. The summed E-state index contributed by atoms with van der Waals surface area (Å²) >= 11 is 1.07. The predicted octanol–water partition coefficient (Wildman–Crippen LogP) is -0.316. The van der Waals surface area contributed by atoms with Gasteiger partial charge in [-0.25, -0.2) is 4.79 Å². The average Bonchev–Trinajstić information content (AvgIpc) is 2.83. The summed E-state index contributed by atoms with van der Waals surface area (Å²) in [6, 6.07) is 0. The highest BCUT2D eigenvalue weighted by atomic mass is 32.2. The maximum Gasteiger partial charge on any atom is 0.332 e. The normalized spacial score (nSPS) is 11.7. The zero-order valence-corrected chi connectivity index (χ0v) is 11.1. The van der Waals surface area contributed by atoms with Gasteiger partial charge in [0.15, 0.2) is 11.2 Å². The molecule has 0 aliphatic rings. The van der Waals surface area contributed by atoms with Crippen molar-refractivity contribution in [2.24, 2.45) is 23.7 Å². The van der Waals surface area contributed by atoms with Crippen LogP contribution in [-0.2, 0) is 14.1 Å². The molecule has 2 rings (SSSR count). The molecule has 0 radical (unpaired) electrons. The predicted molar refractivity (Wildman–Crippen MR) is 70.6 cm³/mol. The van der Waals surface area contributed by atoms with Crippen LogP contribution in [0.2, 0.25) is 0 Å². The first-order chi connectivity index (χ1) is 9.06. The maximum absolute atomic E-state index is 11.9. The summed E-state index contributed by atoms with van der Waals surface area (Å²) in [6.07, 6.45) is 0. The number of aryl methyl sites for hydroxylation is 1. The summed E-state index contributed by atoms with van der Waals surface area (Å²) in [6.45, 7) is -0.00113. The molecule has 0 bridgehead atoms. The van der Waals surface area contributed by atoms with Crippen LogP contribution in [0.25, 0.3) is 11.2 Å². The van der Waals surface area contributed by atoms with Crippen molar-refractivity contribution >= 4 is 29.1 Å². The molecule has 102 valence electrons. The van der Waals surface area contributed by atoms with E-state index in [2.05, 4.69) is 19.6 Å². The Bertz CT molecular complexity index is 743. The van der Waals surface area contributed by atoms with E-state index >= 15 is 0 Å². The third-order valence-corrected chi connectivity index (χ3v) is 3.02. The lowest BCUT2D eigenvalue weighted by atomic mass is 10.5. The second kappa shape index (κ2) is 5.36. The Morgan fingerprint density at radius 3 is 2.79 bits per heavy atom. The number of aliphatic hydroxyl groups excluding tert-OH is 1. The van der Waals surface area contributed by atoms with Crippen molar-refractivity contribution in [1.82, 2.24) is 19.1 Å². The summed E-state index contributed by atoms with van der Waals surface area (Å²) in [5.41, 5.74) is -0.489. The highest BCUT2D eigenvalue weighted by Gasteiger charge is 2.12. The lowest BCUT2D eigenvalue weighted by molar-refractivity contribution is 0.322. The Morgan fingerprint density at radius 2 is 2.11 bits per heavy atom. The van der Waals surface area contributed by atoms with E-state index in [1.54, 1.807) is 0 Å². The van der Waals surface area contributed by atoms with Gasteiger partial charge < -0.3 is 10.1 Å². The van der Waals surface area contributed by atoms with Crippen LogP contribution in [0.1, 0.15) is 0 Å². The van der Waals surface area contributed by atoms with Gasteiger partial charge in [-0.2, -0.15) is 4.98 Å². The fourth-order valence-electron chi connectivity index (χ4n) is 1.51. The molecule has 0 fully saturated rings.